The lowest BCUT2D eigenvalue weighted by atomic mass is 10.2. The van der Waals surface area contributed by atoms with Crippen molar-refractivity contribution in [2.24, 2.45) is 0 Å². The summed E-state index contributed by atoms with van der Waals surface area (Å²) in [6, 6.07) is 0. The van der Waals surface area contributed by atoms with Crippen molar-refractivity contribution < 1.29 is 37.5 Å². The molecule has 0 saturated heterocycles. The first-order valence-corrected chi connectivity index (χ1v) is 30.9. The van der Waals surface area contributed by atoms with Crippen molar-refractivity contribution >= 4 is 45.8 Å². The first-order chi connectivity index (χ1) is 25.4. The second-order valence-corrected chi connectivity index (χ2v) is 42.2. The van der Waals surface area contributed by atoms with Gasteiger partial charge in [-0.2, -0.15) is 0 Å². The van der Waals surface area contributed by atoms with Crippen molar-refractivity contribution in [1.82, 2.24) is 0 Å². The predicted octanol–water partition coefficient (Wildman–Crippen LogP) is 12.6. The van der Waals surface area contributed by atoms with E-state index in [4.69, 9.17) is 17.7 Å². The van der Waals surface area contributed by atoms with Gasteiger partial charge in [0, 0.05) is 0 Å². The van der Waals surface area contributed by atoms with Crippen LogP contribution < -0.4 is 0 Å². The highest BCUT2D eigenvalue weighted by molar-refractivity contribution is 6.79. The van der Waals surface area contributed by atoms with E-state index in [0.717, 1.165) is 12.6 Å². The van der Waals surface area contributed by atoms with Crippen molar-refractivity contribution in [3.63, 3.8) is 0 Å². The Bertz CT molecular complexity index is 920. The Labute approximate surface area is 352 Å². The van der Waals surface area contributed by atoms with E-state index >= 15 is 0 Å². The molecule has 336 valence electrons. The molecule has 0 rings (SSSR count). The highest BCUT2D eigenvalue weighted by atomic mass is 28.4. The van der Waals surface area contributed by atoms with E-state index in [9.17, 15) is 19.8 Å². The van der Waals surface area contributed by atoms with Crippen LogP contribution in [0.25, 0.3) is 0 Å². The molecule has 0 saturated carbocycles. The molecule has 0 fully saturated rings. The molecule has 0 bridgehead atoms. The zero-order chi connectivity index (χ0) is 44.9. The van der Waals surface area contributed by atoms with Crippen LogP contribution in [-0.4, -0.2) is 93.7 Å². The van der Waals surface area contributed by atoms with Crippen LogP contribution in [0, 0.1) is 0 Å². The molecule has 0 aromatic rings. The lowest BCUT2D eigenvalue weighted by Crippen LogP contribution is -2.55. The largest absolute Gasteiger partial charge is 0.413 e. The van der Waals surface area contributed by atoms with Crippen molar-refractivity contribution in [3.05, 3.63) is 0 Å². The molecule has 0 amide bonds. The molecule has 0 radical (unpaired) electrons. The number of hydrogen-bond donors (Lipinski definition) is 2. The van der Waals surface area contributed by atoms with Crippen LogP contribution in [0.5, 0.6) is 0 Å². The van der Waals surface area contributed by atoms with Crippen molar-refractivity contribution in [2.75, 3.05) is 13.2 Å². The fraction of sp³-hybridized carbons (Fsp3) is 0.955. The summed E-state index contributed by atoms with van der Waals surface area (Å²) >= 11 is 0. The number of carbonyl (C=O) groups excluding carboxylic acids is 2. The number of hydrogen-bond acceptors (Lipinski definition) is 8. The Balaban J connectivity index is 0. The van der Waals surface area contributed by atoms with Crippen molar-refractivity contribution in [2.45, 2.75) is 257 Å². The van der Waals surface area contributed by atoms with Gasteiger partial charge in [0.1, 0.15) is 37.0 Å². The highest BCUT2D eigenvalue weighted by Crippen LogP contribution is 2.46. The molecular weight excluding hydrogens is 769 g/mol. The summed E-state index contributed by atoms with van der Waals surface area (Å²) in [5.74, 6) is 0. The van der Waals surface area contributed by atoms with Gasteiger partial charge in [-0.3, -0.25) is 0 Å². The Hall–Kier alpha value is -0.0325. The van der Waals surface area contributed by atoms with Gasteiger partial charge in [0.2, 0.25) is 16.6 Å². The molecule has 0 aliphatic carbocycles. The molecule has 0 spiro atoms. The summed E-state index contributed by atoms with van der Waals surface area (Å²) in [4.78, 5) is 23.8. The average Bonchev–Trinajstić information content (AvgIpc) is 3.04. The van der Waals surface area contributed by atoms with Gasteiger partial charge in [-0.15, -0.1) is 0 Å². The van der Waals surface area contributed by atoms with Crippen LogP contribution in [-0.2, 0) is 27.3 Å². The summed E-state index contributed by atoms with van der Waals surface area (Å²) < 4.78 is 26.1. The number of aliphatic hydroxyl groups is 2. The molecule has 0 unspecified atom stereocenters. The lowest BCUT2D eigenvalue weighted by Gasteiger charge is -2.45. The van der Waals surface area contributed by atoms with Crippen LogP contribution >= 0.6 is 0 Å². The highest BCUT2D eigenvalue weighted by Gasteiger charge is 2.51. The zero-order valence-electron chi connectivity index (χ0n) is 41.2. The summed E-state index contributed by atoms with van der Waals surface area (Å²) in [5, 5.41) is 21.8. The topological polar surface area (TPSA) is 112 Å². The normalized spacial score (nSPS) is 16.1. The van der Waals surface area contributed by atoms with Gasteiger partial charge >= 0.3 is 0 Å². The Kier molecular flexibility index (Phi) is 26.0. The second kappa shape index (κ2) is 25.0. The summed E-state index contributed by atoms with van der Waals surface area (Å²) in [6.45, 7) is 53.2. The molecular formula is C44H96O8Si4. The molecule has 0 aliphatic heterocycles. The molecule has 0 aliphatic rings. The Morgan fingerprint density at radius 2 is 0.500 bits per heavy atom. The third-order valence-corrected chi connectivity index (χ3v) is 37.9. The standard InChI is InChI=1S/2C22H48O4Si2/c2*1-15(2)27(16(3)4,17(5)6)25-14-21(24)22(13-23)26-28(18(7)8,19(9)10)20(11)12/h2*13,15-22,24H,14H2,1-12H3/t21-,22+;21-,22-/m11/s1. The molecule has 56 heavy (non-hydrogen) atoms. The number of rotatable bonds is 26. The maximum Gasteiger partial charge on any atom is 0.201 e. The fourth-order valence-corrected chi connectivity index (χ4v) is 33.3. The molecule has 0 heterocycles. The molecule has 12 heteroatoms. The quantitative estimate of drug-likeness (QED) is 0.0653. The van der Waals surface area contributed by atoms with Crippen LogP contribution in [0.2, 0.25) is 66.5 Å². The van der Waals surface area contributed by atoms with E-state index in [0.29, 0.717) is 66.5 Å². The third kappa shape index (κ3) is 13.5. The lowest BCUT2D eigenvalue weighted by molar-refractivity contribution is -0.121. The van der Waals surface area contributed by atoms with E-state index < -0.39 is 57.7 Å². The fourth-order valence-electron chi connectivity index (χ4n) is 11.3. The molecule has 4 atom stereocenters. The first-order valence-electron chi connectivity index (χ1n) is 22.3. The van der Waals surface area contributed by atoms with E-state index in [1.165, 1.54) is 0 Å². The minimum absolute atomic E-state index is 0.170. The predicted molar refractivity (Wildman–Crippen MR) is 250 cm³/mol. The van der Waals surface area contributed by atoms with Gasteiger partial charge in [-0.05, 0) is 66.5 Å². The SMILES string of the molecule is CC(C)[Si](OC[C@@H](O)[C@@H](C=O)O[Si](C(C)C)(C(C)C)C(C)C)(C(C)C)C(C)C.CC(C)[Si](OC[C@@H](O)[C@H](C=O)O[Si](C(C)C)(C(C)C)C(C)C)(C(C)C)C(C)C. The molecule has 8 nitrogen and oxygen atoms in total. The second-order valence-electron chi connectivity index (χ2n) is 20.5. The zero-order valence-corrected chi connectivity index (χ0v) is 45.2. The van der Waals surface area contributed by atoms with Crippen molar-refractivity contribution in [1.29, 1.82) is 0 Å². The van der Waals surface area contributed by atoms with Gasteiger partial charge < -0.3 is 37.5 Å². The average molecular weight is 866 g/mol. The van der Waals surface area contributed by atoms with Gasteiger partial charge in [0.25, 0.3) is 0 Å². The van der Waals surface area contributed by atoms with E-state index in [2.05, 4.69) is 166 Å². The molecule has 2 N–H and O–H groups in total. The minimum atomic E-state index is -2.25. The van der Waals surface area contributed by atoms with Crippen LogP contribution in [0.4, 0.5) is 0 Å². The smallest absolute Gasteiger partial charge is 0.201 e. The van der Waals surface area contributed by atoms with Crippen LogP contribution in [0.15, 0.2) is 0 Å². The maximum absolute atomic E-state index is 11.9. The maximum atomic E-state index is 11.9. The number of aldehydes is 2. The number of carbonyl (C=O) groups is 2. The van der Waals surface area contributed by atoms with Gasteiger partial charge in [-0.1, -0.05) is 166 Å². The number of aliphatic hydroxyl groups excluding tert-OH is 2. The molecule has 0 aromatic carbocycles. The minimum Gasteiger partial charge on any atom is -0.413 e. The summed E-state index contributed by atoms with van der Waals surface area (Å²) in [5.41, 5.74) is 4.77. The van der Waals surface area contributed by atoms with Crippen LogP contribution in [0.3, 0.4) is 0 Å². The first kappa shape index (κ1) is 58.1. The van der Waals surface area contributed by atoms with E-state index in [1.54, 1.807) is 0 Å². The van der Waals surface area contributed by atoms with E-state index in [-0.39, 0.29) is 13.2 Å². The molecule has 0 aromatic heterocycles. The van der Waals surface area contributed by atoms with Gasteiger partial charge in [-0.25, -0.2) is 0 Å². The summed E-state index contributed by atoms with van der Waals surface area (Å²) in [6.07, 6.45) is -1.93. The van der Waals surface area contributed by atoms with Crippen molar-refractivity contribution in [3.8, 4) is 0 Å². The Morgan fingerprint density at radius 1 is 0.339 bits per heavy atom. The monoisotopic (exact) mass is 865 g/mol. The van der Waals surface area contributed by atoms with Crippen LogP contribution in [0.1, 0.15) is 166 Å². The Morgan fingerprint density at radius 3 is 0.625 bits per heavy atom. The van der Waals surface area contributed by atoms with E-state index in [1.807, 2.05) is 0 Å². The van der Waals surface area contributed by atoms with Gasteiger partial charge in [0.05, 0.1) is 13.2 Å². The van der Waals surface area contributed by atoms with Gasteiger partial charge in [0.15, 0.2) is 16.6 Å². The summed E-state index contributed by atoms with van der Waals surface area (Å²) in [7, 11) is -8.69. The third-order valence-electron chi connectivity index (χ3n) is 13.5.